The third kappa shape index (κ3) is 2.30. The van der Waals surface area contributed by atoms with Crippen molar-refractivity contribution in [2.45, 2.75) is 59.9 Å². The predicted molar refractivity (Wildman–Crippen MR) is 81.8 cm³/mol. The van der Waals surface area contributed by atoms with Crippen LogP contribution < -0.4 is 0 Å². The summed E-state index contributed by atoms with van der Waals surface area (Å²) in [5.74, 6) is 0.724. The van der Waals surface area contributed by atoms with E-state index in [0.717, 1.165) is 5.92 Å². The van der Waals surface area contributed by atoms with Crippen LogP contribution in [0.4, 0.5) is 0 Å². The Morgan fingerprint density at radius 3 is 2.33 bits per heavy atom. The van der Waals surface area contributed by atoms with Crippen LogP contribution in [0.15, 0.2) is 23.3 Å². The second-order valence-corrected chi connectivity index (χ2v) is 6.82. The lowest BCUT2D eigenvalue weighted by atomic mass is 9.59. The summed E-state index contributed by atoms with van der Waals surface area (Å²) >= 11 is 0. The van der Waals surface area contributed by atoms with Gasteiger partial charge in [0.1, 0.15) is 0 Å². The van der Waals surface area contributed by atoms with Crippen molar-refractivity contribution in [3.8, 4) is 0 Å². The van der Waals surface area contributed by atoms with Crippen LogP contribution >= 0.6 is 0 Å². The van der Waals surface area contributed by atoms with Gasteiger partial charge in [-0.3, -0.25) is 0 Å². The van der Waals surface area contributed by atoms with Crippen molar-refractivity contribution in [2.75, 3.05) is 14.1 Å². The quantitative estimate of drug-likeness (QED) is 0.703. The summed E-state index contributed by atoms with van der Waals surface area (Å²) in [5, 5.41) is 0. The number of hydrogen-bond acceptors (Lipinski definition) is 1. The minimum absolute atomic E-state index is 0.170. The lowest BCUT2D eigenvalue weighted by molar-refractivity contribution is 0.0492. The SMILES string of the molecule is CC=CC1=C(C)C(C)CCC1(C)C(C)(C)N(C)C. The van der Waals surface area contributed by atoms with Crippen LogP contribution in [-0.4, -0.2) is 24.5 Å². The standard InChI is InChI=1S/C17H31N/c1-9-10-15-14(3)13(2)11-12-17(15,6)16(4,5)18(7)8/h9-10,13H,11-12H2,1-8H3. The Morgan fingerprint density at radius 2 is 1.89 bits per heavy atom. The molecule has 0 amide bonds. The Labute approximate surface area is 114 Å². The third-order valence-corrected chi connectivity index (χ3v) is 5.64. The molecule has 104 valence electrons. The minimum atomic E-state index is 0.170. The van der Waals surface area contributed by atoms with Crippen molar-refractivity contribution < 1.29 is 0 Å². The number of allylic oxidation sites excluding steroid dienone is 3. The Balaban J connectivity index is 3.38. The fraction of sp³-hybridized carbons (Fsp3) is 0.765. The van der Waals surface area contributed by atoms with Crippen LogP contribution in [0.25, 0.3) is 0 Å². The normalized spacial score (nSPS) is 30.6. The van der Waals surface area contributed by atoms with Crippen molar-refractivity contribution in [1.29, 1.82) is 0 Å². The molecule has 0 spiro atoms. The van der Waals surface area contributed by atoms with Crippen LogP contribution in [0.2, 0.25) is 0 Å². The summed E-state index contributed by atoms with van der Waals surface area (Å²) in [5.41, 5.74) is 3.54. The molecular formula is C17H31N. The first-order valence-corrected chi connectivity index (χ1v) is 7.20. The maximum atomic E-state index is 2.44. The number of hydrogen-bond donors (Lipinski definition) is 0. The van der Waals surface area contributed by atoms with Gasteiger partial charge in [-0.2, -0.15) is 0 Å². The molecule has 1 rings (SSSR count). The average Bonchev–Trinajstić information content (AvgIpc) is 2.29. The zero-order valence-corrected chi connectivity index (χ0v) is 13.6. The lowest BCUT2D eigenvalue weighted by Crippen LogP contribution is -2.54. The van der Waals surface area contributed by atoms with Gasteiger partial charge in [0.2, 0.25) is 0 Å². The summed E-state index contributed by atoms with van der Waals surface area (Å²) in [6.07, 6.45) is 7.12. The lowest BCUT2D eigenvalue weighted by Gasteiger charge is -2.53. The molecule has 1 aliphatic carbocycles. The highest BCUT2D eigenvalue weighted by Crippen LogP contribution is 2.51. The highest BCUT2D eigenvalue weighted by atomic mass is 15.1. The van der Waals surface area contributed by atoms with Gasteiger partial charge in [0.15, 0.2) is 0 Å². The summed E-state index contributed by atoms with van der Waals surface area (Å²) in [6, 6.07) is 0. The molecule has 18 heavy (non-hydrogen) atoms. The van der Waals surface area contributed by atoms with Gasteiger partial charge in [-0.1, -0.05) is 31.6 Å². The zero-order valence-electron chi connectivity index (χ0n) is 13.6. The molecule has 0 aromatic carbocycles. The van der Waals surface area contributed by atoms with Gasteiger partial charge in [0.05, 0.1) is 0 Å². The maximum absolute atomic E-state index is 2.44. The Kier molecular flexibility index (Phi) is 4.48. The first-order chi connectivity index (χ1) is 8.18. The van der Waals surface area contributed by atoms with Gasteiger partial charge in [-0.05, 0) is 66.1 Å². The van der Waals surface area contributed by atoms with E-state index in [1.807, 2.05) is 0 Å². The smallest absolute Gasteiger partial charge is 0.0241 e. The molecule has 0 aliphatic heterocycles. The van der Waals surface area contributed by atoms with Crippen LogP contribution in [0.5, 0.6) is 0 Å². The van der Waals surface area contributed by atoms with Gasteiger partial charge in [-0.15, -0.1) is 0 Å². The molecule has 0 aromatic heterocycles. The second-order valence-electron chi connectivity index (χ2n) is 6.82. The van der Waals surface area contributed by atoms with Crippen molar-refractivity contribution in [3.63, 3.8) is 0 Å². The summed E-state index contributed by atoms with van der Waals surface area (Å²) in [6.45, 7) is 14.0. The topological polar surface area (TPSA) is 3.24 Å². The molecule has 0 saturated carbocycles. The monoisotopic (exact) mass is 249 g/mol. The molecule has 0 N–H and O–H groups in total. The highest BCUT2D eigenvalue weighted by Gasteiger charge is 2.47. The Bertz CT molecular complexity index is 360. The molecule has 1 nitrogen and oxygen atoms in total. The molecule has 2 atom stereocenters. The van der Waals surface area contributed by atoms with E-state index in [4.69, 9.17) is 0 Å². The molecule has 0 heterocycles. The van der Waals surface area contributed by atoms with Crippen LogP contribution in [-0.2, 0) is 0 Å². The van der Waals surface area contributed by atoms with E-state index in [1.54, 1.807) is 11.1 Å². The summed E-state index contributed by atoms with van der Waals surface area (Å²) < 4.78 is 0. The Morgan fingerprint density at radius 1 is 1.33 bits per heavy atom. The van der Waals surface area contributed by atoms with Crippen molar-refractivity contribution in [1.82, 2.24) is 4.90 Å². The van der Waals surface area contributed by atoms with E-state index in [0.29, 0.717) is 0 Å². The highest BCUT2D eigenvalue weighted by molar-refractivity contribution is 5.37. The van der Waals surface area contributed by atoms with Gasteiger partial charge < -0.3 is 4.90 Å². The van der Waals surface area contributed by atoms with Crippen molar-refractivity contribution in [3.05, 3.63) is 23.3 Å². The van der Waals surface area contributed by atoms with Crippen LogP contribution in [0.3, 0.4) is 0 Å². The number of rotatable bonds is 3. The number of nitrogens with zero attached hydrogens (tertiary/aromatic N) is 1. The average molecular weight is 249 g/mol. The fourth-order valence-electron chi connectivity index (χ4n) is 3.17. The zero-order chi connectivity index (χ0) is 14.1. The van der Waals surface area contributed by atoms with E-state index in [9.17, 15) is 0 Å². The first kappa shape index (κ1) is 15.5. The third-order valence-electron chi connectivity index (χ3n) is 5.64. The van der Waals surface area contributed by atoms with E-state index in [-0.39, 0.29) is 11.0 Å². The van der Waals surface area contributed by atoms with E-state index in [1.165, 1.54) is 12.8 Å². The van der Waals surface area contributed by atoms with Gasteiger partial charge >= 0.3 is 0 Å². The molecule has 0 fully saturated rings. The van der Waals surface area contributed by atoms with Crippen molar-refractivity contribution >= 4 is 0 Å². The molecule has 2 unspecified atom stereocenters. The van der Waals surface area contributed by atoms with Gasteiger partial charge in [-0.25, -0.2) is 0 Å². The van der Waals surface area contributed by atoms with Crippen LogP contribution in [0, 0.1) is 11.3 Å². The van der Waals surface area contributed by atoms with E-state index in [2.05, 4.69) is 72.7 Å². The van der Waals surface area contributed by atoms with Gasteiger partial charge in [0.25, 0.3) is 0 Å². The molecule has 1 aliphatic rings. The van der Waals surface area contributed by atoms with Gasteiger partial charge in [0, 0.05) is 11.0 Å². The minimum Gasteiger partial charge on any atom is -0.303 e. The summed E-state index contributed by atoms with van der Waals surface area (Å²) in [4.78, 5) is 2.37. The molecule has 0 aromatic rings. The fourth-order valence-corrected chi connectivity index (χ4v) is 3.17. The molecular weight excluding hydrogens is 218 g/mol. The molecule has 0 radical (unpaired) electrons. The molecule has 1 heteroatoms. The second kappa shape index (κ2) is 5.21. The first-order valence-electron chi connectivity index (χ1n) is 7.20. The Hall–Kier alpha value is -0.560. The van der Waals surface area contributed by atoms with E-state index >= 15 is 0 Å². The largest absolute Gasteiger partial charge is 0.303 e. The molecule has 0 saturated heterocycles. The van der Waals surface area contributed by atoms with Crippen molar-refractivity contribution in [2.24, 2.45) is 11.3 Å². The predicted octanol–water partition coefficient (Wildman–Crippen LogP) is 4.66. The van der Waals surface area contributed by atoms with E-state index < -0.39 is 0 Å². The maximum Gasteiger partial charge on any atom is 0.0241 e. The summed E-state index contributed by atoms with van der Waals surface area (Å²) in [7, 11) is 4.40. The molecule has 0 bridgehead atoms. The van der Waals surface area contributed by atoms with Crippen LogP contribution in [0.1, 0.15) is 54.4 Å².